The molecule has 0 saturated carbocycles. The summed E-state index contributed by atoms with van der Waals surface area (Å²) in [5.74, 6) is -0.264. The van der Waals surface area contributed by atoms with E-state index in [1.807, 2.05) is 72.8 Å². The summed E-state index contributed by atoms with van der Waals surface area (Å²) in [6, 6.07) is 33.0. The second kappa shape index (κ2) is 10.8. The van der Waals surface area contributed by atoms with E-state index in [0.717, 1.165) is 31.6 Å². The van der Waals surface area contributed by atoms with Gasteiger partial charge in [0.05, 0.1) is 28.6 Å². The Labute approximate surface area is 236 Å². The first-order valence-corrected chi connectivity index (χ1v) is 14.0. The highest BCUT2D eigenvalue weighted by molar-refractivity contribution is 9.10. The zero-order valence-corrected chi connectivity index (χ0v) is 22.9. The topological polar surface area (TPSA) is 76.3 Å². The minimum absolute atomic E-state index is 0.0366. The molecular weight excluding hydrogens is 572 g/mol. The lowest BCUT2D eigenvalue weighted by Crippen LogP contribution is -2.24. The number of carbonyl (C=O) groups excluding carboxylic acids is 1. The zero-order valence-electron chi connectivity index (χ0n) is 20.5. The fourth-order valence-corrected chi connectivity index (χ4v) is 5.62. The van der Waals surface area contributed by atoms with Crippen LogP contribution in [0.1, 0.15) is 5.56 Å². The van der Waals surface area contributed by atoms with Crippen LogP contribution >= 0.6 is 27.7 Å². The van der Waals surface area contributed by atoms with Gasteiger partial charge in [-0.05, 0) is 64.0 Å². The number of thioether (sulfide) groups is 1. The van der Waals surface area contributed by atoms with Crippen molar-refractivity contribution in [2.75, 3.05) is 5.75 Å². The van der Waals surface area contributed by atoms with Gasteiger partial charge in [0.15, 0.2) is 5.16 Å². The van der Waals surface area contributed by atoms with Gasteiger partial charge in [-0.25, -0.2) is 10.4 Å². The lowest BCUT2D eigenvalue weighted by molar-refractivity contribution is -0.118. The van der Waals surface area contributed by atoms with Crippen molar-refractivity contribution in [3.8, 4) is 5.69 Å². The van der Waals surface area contributed by atoms with E-state index in [9.17, 15) is 9.59 Å². The minimum atomic E-state index is -0.300. The normalized spacial score (nSPS) is 11.5. The van der Waals surface area contributed by atoms with Crippen molar-refractivity contribution in [3.63, 3.8) is 0 Å². The Morgan fingerprint density at radius 1 is 0.872 bits per heavy atom. The Morgan fingerprint density at radius 3 is 2.18 bits per heavy atom. The molecule has 39 heavy (non-hydrogen) atoms. The van der Waals surface area contributed by atoms with Gasteiger partial charge in [-0.15, -0.1) is 0 Å². The van der Waals surface area contributed by atoms with Crippen molar-refractivity contribution in [2.24, 2.45) is 5.10 Å². The van der Waals surface area contributed by atoms with Crippen LogP contribution in [0.25, 0.3) is 38.1 Å². The Balaban J connectivity index is 1.26. The third-order valence-corrected chi connectivity index (χ3v) is 7.83. The summed E-state index contributed by atoms with van der Waals surface area (Å²) in [7, 11) is 0. The van der Waals surface area contributed by atoms with Gasteiger partial charge in [-0.1, -0.05) is 88.4 Å². The third-order valence-electron chi connectivity index (χ3n) is 6.36. The summed E-state index contributed by atoms with van der Waals surface area (Å²) < 4.78 is 2.44. The summed E-state index contributed by atoms with van der Waals surface area (Å²) >= 11 is 4.63. The quantitative estimate of drug-likeness (QED) is 0.0767. The molecule has 190 valence electrons. The molecule has 0 aliphatic heterocycles. The molecule has 1 amide bonds. The lowest BCUT2D eigenvalue weighted by Gasteiger charge is -2.13. The van der Waals surface area contributed by atoms with Gasteiger partial charge in [-0.2, -0.15) is 5.10 Å². The Bertz CT molecular complexity index is 1900. The molecule has 6 aromatic rings. The fourth-order valence-electron chi connectivity index (χ4n) is 4.55. The number of hydrogen-bond donors (Lipinski definition) is 1. The number of carbonyl (C=O) groups is 1. The van der Waals surface area contributed by atoms with Crippen LogP contribution in [0.2, 0.25) is 0 Å². The van der Waals surface area contributed by atoms with Crippen molar-refractivity contribution in [3.05, 3.63) is 124 Å². The average Bonchev–Trinajstić information content (AvgIpc) is 2.96. The van der Waals surface area contributed by atoms with Crippen LogP contribution in [-0.4, -0.2) is 27.4 Å². The number of hydrogen-bond acceptors (Lipinski definition) is 5. The highest BCUT2D eigenvalue weighted by Gasteiger charge is 2.15. The number of fused-ring (bicyclic) bond motifs is 3. The standard InChI is InChI=1S/C31H21BrN4O2S/c32-22-13-15-23(16-14-22)36-30(38)26-11-5-6-12-28(26)34-31(36)39-19-29(37)35-33-18-27-24-9-3-1-7-20(24)17-21-8-2-4-10-25(21)27/h1-18H,19H2,(H,35,37)/b33-18+. The largest absolute Gasteiger partial charge is 0.272 e. The first-order valence-electron chi connectivity index (χ1n) is 12.2. The van der Waals surface area contributed by atoms with Crippen molar-refractivity contribution in [1.29, 1.82) is 0 Å². The molecule has 0 atom stereocenters. The van der Waals surface area contributed by atoms with Gasteiger partial charge in [0.2, 0.25) is 0 Å². The van der Waals surface area contributed by atoms with Crippen LogP contribution in [-0.2, 0) is 4.79 Å². The molecule has 1 N–H and O–H groups in total. The maximum absolute atomic E-state index is 13.4. The number of nitrogens with one attached hydrogen (secondary N) is 1. The van der Waals surface area contributed by atoms with Crippen LogP contribution in [0.4, 0.5) is 0 Å². The van der Waals surface area contributed by atoms with E-state index >= 15 is 0 Å². The summed E-state index contributed by atoms with van der Waals surface area (Å²) in [6.45, 7) is 0. The Hall–Kier alpha value is -4.27. The van der Waals surface area contributed by atoms with E-state index in [2.05, 4.69) is 44.7 Å². The Morgan fingerprint density at radius 2 is 1.49 bits per heavy atom. The summed E-state index contributed by atoms with van der Waals surface area (Å²) in [5.41, 5.74) is 4.65. The third kappa shape index (κ3) is 5.08. The molecule has 0 saturated heterocycles. The van der Waals surface area contributed by atoms with Gasteiger partial charge in [0.1, 0.15) is 0 Å². The average molecular weight is 594 g/mol. The second-order valence-electron chi connectivity index (χ2n) is 8.84. The lowest BCUT2D eigenvalue weighted by atomic mass is 9.97. The van der Waals surface area contributed by atoms with Crippen molar-refractivity contribution >= 4 is 72.3 Å². The van der Waals surface area contributed by atoms with Crippen LogP contribution in [0.15, 0.2) is 123 Å². The first-order chi connectivity index (χ1) is 19.1. The molecule has 0 spiro atoms. The molecule has 0 aliphatic carbocycles. The van der Waals surface area contributed by atoms with E-state index in [-0.39, 0.29) is 17.2 Å². The van der Waals surface area contributed by atoms with E-state index in [1.54, 1.807) is 18.3 Å². The maximum atomic E-state index is 13.4. The number of nitrogens with zero attached hydrogens (tertiary/aromatic N) is 3. The fraction of sp³-hybridized carbons (Fsp3) is 0.0323. The summed E-state index contributed by atoms with van der Waals surface area (Å²) in [6.07, 6.45) is 1.69. The molecule has 0 bridgehead atoms. The molecule has 1 aromatic heterocycles. The zero-order chi connectivity index (χ0) is 26.8. The summed E-state index contributed by atoms with van der Waals surface area (Å²) in [5, 5.41) is 9.55. The van der Waals surface area contributed by atoms with Crippen LogP contribution < -0.4 is 11.0 Å². The molecule has 0 unspecified atom stereocenters. The van der Waals surface area contributed by atoms with Crippen molar-refractivity contribution < 1.29 is 4.79 Å². The van der Waals surface area contributed by atoms with E-state index in [4.69, 9.17) is 4.98 Å². The molecular formula is C31H21BrN4O2S. The smallest absolute Gasteiger partial charge is 0.266 e. The Kier molecular flexibility index (Phi) is 6.96. The molecule has 0 aliphatic rings. The van der Waals surface area contributed by atoms with Gasteiger partial charge in [-0.3, -0.25) is 14.2 Å². The number of benzene rings is 5. The molecule has 6 rings (SSSR count). The number of amides is 1. The van der Waals surface area contributed by atoms with Gasteiger partial charge < -0.3 is 0 Å². The predicted molar refractivity (Wildman–Crippen MR) is 163 cm³/mol. The molecule has 0 fully saturated rings. The maximum Gasteiger partial charge on any atom is 0.266 e. The predicted octanol–water partition coefficient (Wildman–Crippen LogP) is 6.70. The number of rotatable bonds is 6. The molecule has 5 aromatic carbocycles. The van der Waals surface area contributed by atoms with Crippen LogP contribution in [0, 0.1) is 0 Å². The monoisotopic (exact) mass is 592 g/mol. The van der Waals surface area contributed by atoms with E-state index < -0.39 is 0 Å². The second-order valence-corrected chi connectivity index (χ2v) is 10.7. The molecule has 1 heterocycles. The van der Waals surface area contributed by atoms with Gasteiger partial charge in [0, 0.05) is 10.0 Å². The minimum Gasteiger partial charge on any atom is -0.272 e. The van der Waals surface area contributed by atoms with Crippen LogP contribution in [0.3, 0.4) is 0 Å². The number of halogens is 1. The number of hydrazone groups is 1. The van der Waals surface area contributed by atoms with Gasteiger partial charge >= 0.3 is 0 Å². The van der Waals surface area contributed by atoms with Crippen molar-refractivity contribution in [1.82, 2.24) is 15.0 Å². The van der Waals surface area contributed by atoms with Gasteiger partial charge in [0.25, 0.3) is 11.5 Å². The van der Waals surface area contributed by atoms with E-state index in [1.165, 1.54) is 16.3 Å². The SMILES string of the molecule is O=C(CSc1nc2ccccc2c(=O)n1-c1ccc(Br)cc1)N/N=C/c1c2ccccc2cc2ccccc12. The van der Waals surface area contributed by atoms with Crippen molar-refractivity contribution in [2.45, 2.75) is 5.16 Å². The number of aromatic nitrogens is 2. The van der Waals surface area contributed by atoms with Crippen LogP contribution in [0.5, 0.6) is 0 Å². The summed E-state index contributed by atoms with van der Waals surface area (Å²) in [4.78, 5) is 30.9. The first kappa shape index (κ1) is 25.0. The highest BCUT2D eigenvalue weighted by atomic mass is 79.9. The highest BCUT2D eigenvalue weighted by Crippen LogP contribution is 2.27. The van der Waals surface area contributed by atoms with E-state index in [0.29, 0.717) is 21.7 Å². The number of para-hydroxylation sites is 1. The molecule has 0 radical (unpaired) electrons. The molecule has 8 heteroatoms. The molecule has 6 nitrogen and oxygen atoms in total.